The van der Waals surface area contributed by atoms with Gasteiger partial charge in [0.15, 0.2) is 17.6 Å². The van der Waals surface area contributed by atoms with E-state index in [1.165, 1.54) is 29.2 Å². The van der Waals surface area contributed by atoms with Crippen molar-refractivity contribution >= 4 is 23.6 Å². The summed E-state index contributed by atoms with van der Waals surface area (Å²) in [5.74, 6) is -1.81. The molecule has 180 valence electrons. The molecule has 2 aliphatic rings. The van der Waals surface area contributed by atoms with E-state index in [2.05, 4.69) is 10.2 Å². The van der Waals surface area contributed by atoms with Crippen LogP contribution in [0.5, 0.6) is 0 Å². The third-order valence-electron chi connectivity index (χ3n) is 5.78. The van der Waals surface area contributed by atoms with Gasteiger partial charge in [0.05, 0.1) is 11.1 Å². The summed E-state index contributed by atoms with van der Waals surface area (Å²) in [5, 5.41) is 7.88. The van der Waals surface area contributed by atoms with Crippen molar-refractivity contribution in [2.24, 2.45) is 11.7 Å². The maximum Gasteiger partial charge on any atom is 0.417 e. The van der Waals surface area contributed by atoms with Crippen molar-refractivity contribution < 1.29 is 32.3 Å². The molecule has 2 aromatic rings. The fraction of sp³-hybridized carbons (Fsp3) is 0.409. The molecule has 1 saturated carbocycles. The van der Waals surface area contributed by atoms with E-state index in [-0.39, 0.29) is 30.3 Å². The van der Waals surface area contributed by atoms with Crippen molar-refractivity contribution in [1.29, 1.82) is 0 Å². The van der Waals surface area contributed by atoms with Crippen molar-refractivity contribution in [3.05, 3.63) is 53.2 Å². The topological polar surface area (TPSA) is 119 Å². The Labute approximate surface area is 192 Å². The van der Waals surface area contributed by atoms with Crippen LogP contribution in [-0.2, 0) is 15.7 Å². The minimum atomic E-state index is -4.62. The zero-order valence-corrected chi connectivity index (χ0v) is 18.0. The quantitative estimate of drug-likeness (QED) is 0.631. The van der Waals surface area contributed by atoms with Crippen molar-refractivity contribution in [1.82, 2.24) is 15.1 Å². The van der Waals surface area contributed by atoms with Gasteiger partial charge >= 0.3 is 12.1 Å². The number of aromatic nitrogens is 2. The van der Waals surface area contributed by atoms with E-state index in [0.717, 1.165) is 18.9 Å². The van der Waals surface area contributed by atoms with Gasteiger partial charge in [-0.1, -0.05) is 12.1 Å². The highest BCUT2D eigenvalue weighted by atomic mass is 19.4. The SMILES string of the molecule is NC(=O)C(OC(=O)c1ccc(N2CCN(C(=O)c3ccccc3C(F)(F)F)CC2)nn1)C1CC1. The third kappa shape index (κ3) is 5.10. The van der Waals surface area contributed by atoms with Crippen molar-refractivity contribution in [2.75, 3.05) is 31.1 Å². The maximum absolute atomic E-state index is 13.3. The molecule has 1 atom stereocenters. The fourth-order valence-corrected chi connectivity index (χ4v) is 3.79. The molecule has 2 heterocycles. The first-order valence-electron chi connectivity index (χ1n) is 10.7. The van der Waals surface area contributed by atoms with Crippen molar-refractivity contribution in [3.63, 3.8) is 0 Å². The Bertz CT molecular complexity index is 1080. The summed E-state index contributed by atoms with van der Waals surface area (Å²) < 4.78 is 44.9. The fourth-order valence-electron chi connectivity index (χ4n) is 3.79. The van der Waals surface area contributed by atoms with Crippen LogP contribution in [-0.4, -0.2) is 65.2 Å². The van der Waals surface area contributed by atoms with E-state index in [4.69, 9.17) is 10.5 Å². The normalized spacial score (nSPS) is 17.3. The van der Waals surface area contributed by atoms with Gasteiger partial charge in [-0.25, -0.2) is 4.79 Å². The molecular formula is C22H22F3N5O4. The number of alkyl halides is 3. The zero-order chi connectivity index (χ0) is 24.5. The lowest BCUT2D eigenvalue weighted by Crippen LogP contribution is -2.49. The van der Waals surface area contributed by atoms with E-state index in [9.17, 15) is 27.6 Å². The van der Waals surface area contributed by atoms with Crippen LogP contribution in [0.1, 0.15) is 39.3 Å². The lowest BCUT2D eigenvalue weighted by atomic mass is 10.1. The second-order valence-electron chi connectivity index (χ2n) is 8.17. The second-order valence-corrected chi connectivity index (χ2v) is 8.17. The van der Waals surface area contributed by atoms with Crippen LogP contribution in [0.2, 0.25) is 0 Å². The average molecular weight is 477 g/mol. The first kappa shape index (κ1) is 23.5. The number of rotatable bonds is 6. The Hall–Kier alpha value is -3.70. The van der Waals surface area contributed by atoms with E-state index < -0.39 is 35.6 Å². The van der Waals surface area contributed by atoms with Crippen LogP contribution in [0, 0.1) is 5.92 Å². The molecule has 0 bridgehead atoms. The zero-order valence-electron chi connectivity index (χ0n) is 18.0. The molecule has 1 aliphatic heterocycles. The van der Waals surface area contributed by atoms with Crippen molar-refractivity contribution in [3.8, 4) is 0 Å². The molecule has 1 unspecified atom stereocenters. The smallest absolute Gasteiger partial charge is 0.417 e. The summed E-state index contributed by atoms with van der Waals surface area (Å²) in [7, 11) is 0. The molecule has 2 N–H and O–H groups in total. The van der Waals surface area contributed by atoms with E-state index in [0.29, 0.717) is 18.9 Å². The lowest BCUT2D eigenvalue weighted by molar-refractivity contribution is -0.138. The molecule has 9 nitrogen and oxygen atoms in total. The largest absolute Gasteiger partial charge is 0.447 e. The van der Waals surface area contributed by atoms with Gasteiger partial charge in [0, 0.05) is 32.1 Å². The number of nitrogens with two attached hydrogens (primary N) is 1. The Balaban J connectivity index is 1.36. The summed E-state index contributed by atoms with van der Waals surface area (Å²) in [6, 6.07) is 7.67. The number of hydrogen-bond acceptors (Lipinski definition) is 7. The Morgan fingerprint density at radius 2 is 1.68 bits per heavy atom. The van der Waals surface area contributed by atoms with E-state index in [1.807, 2.05) is 0 Å². The molecule has 2 amide bonds. The van der Waals surface area contributed by atoms with Gasteiger partial charge in [0.25, 0.3) is 11.8 Å². The van der Waals surface area contributed by atoms with Gasteiger partial charge in [-0.3, -0.25) is 9.59 Å². The summed E-state index contributed by atoms with van der Waals surface area (Å²) in [4.78, 5) is 39.6. The number of benzene rings is 1. The summed E-state index contributed by atoms with van der Waals surface area (Å²) in [6.45, 7) is 1.03. The molecule has 1 aromatic carbocycles. The first-order valence-corrected chi connectivity index (χ1v) is 10.7. The lowest BCUT2D eigenvalue weighted by Gasteiger charge is -2.35. The molecule has 34 heavy (non-hydrogen) atoms. The molecule has 2 fully saturated rings. The van der Waals surface area contributed by atoms with Gasteiger partial charge in [-0.2, -0.15) is 13.2 Å². The molecule has 1 saturated heterocycles. The minimum absolute atomic E-state index is 0.0595. The van der Waals surface area contributed by atoms with Gasteiger partial charge < -0.3 is 20.3 Å². The van der Waals surface area contributed by atoms with E-state index >= 15 is 0 Å². The highest BCUT2D eigenvalue weighted by molar-refractivity contribution is 5.96. The number of amides is 2. The van der Waals surface area contributed by atoms with Crippen molar-refractivity contribution in [2.45, 2.75) is 25.1 Å². The van der Waals surface area contributed by atoms with Crippen LogP contribution >= 0.6 is 0 Å². The molecule has 0 spiro atoms. The van der Waals surface area contributed by atoms with E-state index in [1.54, 1.807) is 11.0 Å². The predicted molar refractivity (Wildman–Crippen MR) is 113 cm³/mol. The number of piperazine rings is 1. The molecule has 4 rings (SSSR count). The number of primary amides is 1. The standard InChI is InChI=1S/C22H22F3N5O4/c23-22(24,25)15-4-2-1-3-14(15)20(32)30-11-9-29(10-12-30)17-8-7-16(27-28-17)21(33)34-18(19(26)31)13-5-6-13/h1-4,7-8,13,18H,5-6,9-12H2,(H2,26,31). The molecule has 0 radical (unpaired) electrons. The number of halogens is 3. The number of hydrogen-bond donors (Lipinski definition) is 1. The van der Waals surface area contributed by atoms with Crippen LogP contribution in [0.15, 0.2) is 36.4 Å². The van der Waals surface area contributed by atoms with Crippen LogP contribution in [0.25, 0.3) is 0 Å². The molecule has 12 heteroatoms. The monoisotopic (exact) mass is 477 g/mol. The Morgan fingerprint density at radius 3 is 2.24 bits per heavy atom. The molecular weight excluding hydrogens is 455 g/mol. The van der Waals surface area contributed by atoms with Gasteiger partial charge in [0.2, 0.25) is 0 Å². The summed E-state index contributed by atoms with van der Waals surface area (Å²) >= 11 is 0. The predicted octanol–water partition coefficient (Wildman–Crippen LogP) is 1.88. The van der Waals surface area contributed by atoms with Gasteiger partial charge in [0.1, 0.15) is 0 Å². The Kier molecular flexibility index (Phi) is 6.40. The second kappa shape index (κ2) is 9.27. The van der Waals surface area contributed by atoms with Crippen LogP contribution in [0.4, 0.5) is 19.0 Å². The van der Waals surface area contributed by atoms with Crippen LogP contribution < -0.4 is 10.6 Å². The van der Waals surface area contributed by atoms with Gasteiger partial charge in [-0.15, -0.1) is 10.2 Å². The summed E-state index contributed by atoms with van der Waals surface area (Å²) in [5.41, 5.74) is 3.86. The third-order valence-corrected chi connectivity index (χ3v) is 5.78. The molecule has 1 aromatic heterocycles. The number of ether oxygens (including phenoxy) is 1. The highest BCUT2D eigenvalue weighted by Crippen LogP contribution is 2.35. The summed E-state index contributed by atoms with van der Waals surface area (Å²) in [6.07, 6.45) is -4.08. The average Bonchev–Trinajstić information content (AvgIpc) is 3.66. The van der Waals surface area contributed by atoms with Gasteiger partial charge in [-0.05, 0) is 37.1 Å². The highest BCUT2D eigenvalue weighted by Gasteiger charge is 2.39. The van der Waals surface area contributed by atoms with Crippen LogP contribution in [0.3, 0.4) is 0 Å². The molecule has 1 aliphatic carbocycles. The number of anilines is 1. The minimum Gasteiger partial charge on any atom is -0.447 e. The number of esters is 1. The number of carbonyl (C=O) groups excluding carboxylic acids is 3. The Morgan fingerprint density at radius 1 is 1.00 bits per heavy atom. The number of carbonyl (C=O) groups is 3. The number of nitrogens with zero attached hydrogens (tertiary/aromatic N) is 4. The maximum atomic E-state index is 13.3. The first-order chi connectivity index (χ1) is 16.1.